The number of aromatic amines is 1. The molecule has 2 aliphatic rings. The molecule has 0 radical (unpaired) electrons. The molecule has 1 aliphatic heterocycles. The molecule has 45 heavy (non-hydrogen) atoms. The molecule has 1 saturated heterocycles. The standard InChI is InChI=1S/C30H30ClN5O3.3C2H6/c31-25-9-5-4-8-24(25)22-16-26(28(37)35(18-22)17-20-10-11-20)32-29(38)34-14-12-23(13-15-34)36-19-27(33-30(36)39)21-6-2-1-3-7-21;3*1-2/h1-9,16,18-20,23H,10-15,17H2,(H,32,38)(H,33,39);3*1-2H3. The Morgan fingerprint density at radius 3 is 2.09 bits per heavy atom. The van der Waals surface area contributed by atoms with Crippen molar-refractivity contribution in [3.05, 3.63) is 98.9 Å². The van der Waals surface area contributed by atoms with Crippen LogP contribution in [0.1, 0.15) is 73.3 Å². The Balaban J connectivity index is 0.000000870. The number of pyridine rings is 1. The number of carbonyl (C=O) groups excluding carboxylic acids is 1. The van der Waals surface area contributed by atoms with Crippen molar-refractivity contribution in [3.63, 3.8) is 0 Å². The number of rotatable bonds is 6. The van der Waals surface area contributed by atoms with Crippen LogP contribution in [0.3, 0.4) is 0 Å². The van der Waals surface area contributed by atoms with Gasteiger partial charge in [0.25, 0.3) is 5.56 Å². The molecule has 4 aromatic rings. The number of aromatic nitrogens is 3. The van der Waals surface area contributed by atoms with E-state index in [-0.39, 0.29) is 29.0 Å². The molecule has 8 nitrogen and oxygen atoms in total. The van der Waals surface area contributed by atoms with Crippen LogP contribution >= 0.6 is 11.6 Å². The highest BCUT2D eigenvalue weighted by molar-refractivity contribution is 6.33. The number of likely N-dealkylation sites (tertiary alicyclic amines) is 1. The summed E-state index contributed by atoms with van der Waals surface area (Å²) in [6.45, 7) is 13.6. The Kier molecular flexibility index (Phi) is 13.7. The lowest BCUT2D eigenvalue weighted by molar-refractivity contribution is 0.183. The van der Waals surface area contributed by atoms with E-state index < -0.39 is 0 Å². The smallest absolute Gasteiger partial charge is 0.324 e. The first kappa shape index (κ1) is 35.4. The Bertz CT molecular complexity index is 1610. The number of benzene rings is 2. The summed E-state index contributed by atoms with van der Waals surface area (Å²) in [6, 6.07) is 18.6. The summed E-state index contributed by atoms with van der Waals surface area (Å²) in [4.78, 5) is 43.8. The number of urea groups is 1. The van der Waals surface area contributed by atoms with Crippen molar-refractivity contribution in [2.75, 3.05) is 18.4 Å². The van der Waals surface area contributed by atoms with Crippen LogP contribution in [0.2, 0.25) is 5.02 Å². The van der Waals surface area contributed by atoms with Gasteiger partial charge in [0.1, 0.15) is 5.69 Å². The Labute approximate surface area is 272 Å². The Morgan fingerprint density at radius 2 is 1.47 bits per heavy atom. The first-order valence-electron chi connectivity index (χ1n) is 16.4. The number of nitrogens with zero attached hydrogens (tertiary/aromatic N) is 3. The maximum atomic E-state index is 13.3. The molecule has 9 heteroatoms. The second-order valence-corrected chi connectivity index (χ2v) is 10.8. The number of nitrogens with one attached hydrogen (secondary N) is 2. The first-order valence-corrected chi connectivity index (χ1v) is 16.8. The van der Waals surface area contributed by atoms with E-state index in [1.165, 1.54) is 0 Å². The summed E-state index contributed by atoms with van der Waals surface area (Å²) < 4.78 is 3.43. The van der Waals surface area contributed by atoms with E-state index >= 15 is 0 Å². The number of halogens is 1. The average Bonchev–Trinajstić information content (AvgIpc) is 3.83. The molecule has 3 heterocycles. The van der Waals surface area contributed by atoms with Gasteiger partial charge in [-0.1, -0.05) is 102 Å². The largest absolute Gasteiger partial charge is 0.326 e. The first-order chi connectivity index (χ1) is 22.0. The second-order valence-electron chi connectivity index (χ2n) is 10.4. The molecule has 2 aromatic heterocycles. The van der Waals surface area contributed by atoms with Gasteiger partial charge in [0.15, 0.2) is 0 Å². The zero-order valence-electron chi connectivity index (χ0n) is 27.5. The van der Waals surface area contributed by atoms with E-state index in [1.807, 2.05) is 109 Å². The van der Waals surface area contributed by atoms with E-state index in [2.05, 4.69) is 10.3 Å². The summed E-state index contributed by atoms with van der Waals surface area (Å²) >= 11 is 6.45. The van der Waals surface area contributed by atoms with Crippen molar-refractivity contribution in [2.24, 2.45) is 5.92 Å². The quantitative estimate of drug-likeness (QED) is 0.222. The number of imidazole rings is 1. The fraction of sp³-hybridized carbons (Fsp3) is 0.417. The maximum absolute atomic E-state index is 13.3. The number of carbonyl (C=O) groups is 1. The van der Waals surface area contributed by atoms with E-state index in [1.54, 1.807) is 20.1 Å². The van der Waals surface area contributed by atoms with Gasteiger partial charge >= 0.3 is 11.7 Å². The fourth-order valence-electron chi connectivity index (χ4n) is 5.27. The Hall–Kier alpha value is -4.04. The molecule has 2 N–H and O–H groups in total. The van der Waals surface area contributed by atoms with Crippen LogP contribution in [-0.4, -0.2) is 38.1 Å². The van der Waals surface area contributed by atoms with Gasteiger partial charge in [-0.2, -0.15) is 0 Å². The van der Waals surface area contributed by atoms with Gasteiger partial charge < -0.3 is 19.8 Å². The van der Waals surface area contributed by atoms with Crippen molar-refractivity contribution < 1.29 is 4.79 Å². The molecule has 1 aliphatic carbocycles. The number of anilines is 1. The Morgan fingerprint density at radius 1 is 0.844 bits per heavy atom. The number of piperidine rings is 1. The van der Waals surface area contributed by atoms with Gasteiger partial charge in [-0.3, -0.25) is 9.36 Å². The molecule has 2 aromatic carbocycles. The van der Waals surface area contributed by atoms with Crippen LogP contribution in [0.15, 0.2) is 82.6 Å². The third-order valence-electron chi connectivity index (χ3n) is 7.64. The summed E-state index contributed by atoms with van der Waals surface area (Å²) in [5.41, 5.74) is 3.22. The molecule has 242 valence electrons. The number of H-pyrrole nitrogens is 1. The fourth-order valence-corrected chi connectivity index (χ4v) is 5.51. The molecule has 2 fully saturated rings. The van der Waals surface area contributed by atoms with Gasteiger partial charge in [0.05, 0.1) is 5.69 Å². The van der Waals surface area contributed by atoms with Crippen LogP contribution in [-0.2, 0) is 6.54 Å². The lowest BCUT2D eigenvalue weighted by Crippen LogP contribution is -2.43. The van der Waals surface area contributed by atoms with Crippen molar-refractivity contribution >= 4 is 23.3 Å². The predicted molar refractivity (Wildman–Crippen MR) is 187 cm³/mol. The molecule has 2 amide bonds. The monoisotopic (exact) mass is 633 g/mol. The molecule has 0 spiro atoms. The third-order valence-corrected chi connectivity index (χ3v) is 7.97. The summed E-state index contributed by atoms with van der Waals surface area (Å²) in [5, 5.41) is 3.46. The minimum Gasteiger partial charge on any atom is -0.324 e. The molecule has 1 saturated carbocycles. The second kappa shape index (κ2) is 17.4. The van der Waals surface area contributed by atoms with Crippen LogP contribution in [0.25, 0.3) is 22.4 Å². The molecule has 0 atom stereocenters. The van der Waals surface area contributed by atoms with Crippen LogP contribution < -0.4 is 16.6 Å². The van der Waals surface area contributed by atoms with E-state index in [0.29, 0.717) is 43.4 Å². The van der Waals surface area contributed by atoms with Gasteiger partial charge in [0, 0.05) is 54.2 Å². The van der Waals surface area contributed by atoms with Gasteiger partial charge in [-0.15, -0.1) is 0 Å². The van der Waals surface area contributed by atoms with E-state index in [4.69, 9.17) is 11.6 Å². The topological polar surface area (TPSA) is 92.1 Å². The van der Waals surface area contributed by atoms with Gasteiger partial charge in [-0.25, -0.2) is 9.59 Å². The normalized spacial score (nSPS) is 14.2. The maximum Gasteiger partial charge on any atom is 0.326 e. The summed E-state index contributed by atoms with van der Waals surface area (Å²) in [6.07, 6.45) is 7.20. The molecule has 0 bridgehead atoms. The third kappa shape index (κ3) is 9.01. The van der Waals surface area contributed by atoms with E-state index in [9.17, 15) is 14.4 Å². The van der Waals surface area contributed by atoms with Crippen LogP contribution in [0.5, 0.6) is 0 Å². The van der Waals surface area contributed by atoms with Crippen molar-refractivity contribution in [2.45, 2.75) is 79.8 Å². The molecule has 0 unspecified atom stereocenters. The van der Waals surface area contributed by atoms with Crippen molar-refractivity contribution in [1.29, 1.82) is 0 Å². The van der Waals surface area contributed by atoms with Crippen LogP contribution in [0, 0.1) is 5.92 Å². The zero-order chi connectivity index (χ0) is 32.9. The molecule has 6 rings (SSSR count). The highest BCUT2D eigenvalue weighted by atomic mass is 35.5. The molecular weight excluding hydrogens is 586 g/mol. The summed E-state index contributed by atoms with van der Waals surface area (Å²) in [5.74, 6) is 0.492. The highest BCUT2D eigenvalue weighted by Crippen LogP contribution is 2.32. The zero-order valence-corrected chi connectivity index (χ0v) is 28.2. The van der Waals surface area contributed by atoms with Gasteiger partial charge in [-0.05, 0) is 49.3 Å². The molecular formula is C36H48ClN5O3. The summed E-state index contributed by atoms with van der Waals surface area (Å²) in [7, 11) is 0. The average molecular weight is 634 g/mol. The number of hydrogen-bond acceptors (Lipinski definition) is 3. The van der Waals surface area contributed by atoms with E-state index in [0.717, 1.165) is 35.2 Å². The van der Waals surface area contributed by atoms with Crippen LogP contribution in [0.4, 0.5) is 10.5 Å². The highest BCUT2D eigenvalue weighted by Gasteiger charge is 2.27. The number of amides is 2. The predicted octanol–water partition coefficient (Wildman–Crippen LogP) is 8.68. The van der Waals surface area contributed by atoms with Gasteiger partial charge in [0.2, 0.25) is 0 Å². The minimum atomic E-state index is -0.314. The van der Waals surface area contributed by atoms with Crippen molar-refractivity contribution in [1.82, 2.24) is 19.0 Å². The van der Waals surface area contributed by atoms with Crippen molar-refractivity contribution in [3.8, 4) is 22.4 Å². The lowest BCUT2D eigenvalue weighted by Gasteiger charge is -2.32. The number of hydrogen-bond donors (Lipinski definition) is 2. The lowest BCUT2D eigenvalue weighted by atomic mass is 10.1. The minimum absolute atomic E-state index is 0.00502. The SMILES string of the molecule is CC.CC.CC.O=C(Nc1cc(-c2ccccc2Cl)cn(CC2CC2)c1=O)N1CCC(n2cc(-c3ccccc3)[nH]c2=O)CC1.